The molecule has 8 nitrogen and oxygen atoms in total. The largest absolute Gasteiger partial charge is 0.454 e. The average molecular weight is 433 g/mol. The molecule has 1 atom stereocenters. The summed E-state index contributed by atoms with van der Waals surface area (Å²) in [4.78, 5) is 11.9. The molecule has 1 aromatic heterocycles. The van der Waals surface area contributed by atoms with E-state index in [1.807, 2.05) is 18.2 Å². The highest BCUT2D eigenvalue weighted by Crippen LogP contribution is 2.18. The Balaban J connectivity index is 1.68. The fourth-order valence-electron chi connectivity index (χ4n) is 2.58. The molecule has 0 amide bonds. The van der Waals surface area contributed by atoms with Crippen molar-refractivity contribution < 1.29 is 26.8 Å². The molecule has 0 spiro atoms. The molecule has 1 unspecified atom stereocenters. The zero-order valence-corrected chi connectivity index (χ0v) is 17.1. The van der Waals surface area contributed by atoms with E-state index in [0.717, 1.165) is 12.1 Å². The van der Waals surface area contributed by atoms with Crippen molar-refractivity contribution in [1.82, 2.24) is 14.9 Å². The third-order valence-corrected chi connectivity index (χ3v) is 5.63. The number of aromatic nitrogens is 2. The van der Waals surface area contributed by atoms with Gasteiger partial charge in [-0.15, -0.1) is 10.2 Å². The van der Waals surface area contributed by atoms with E-state index in [0.29, 0.717) is 5.56 Å². The molecule has 0 aliphatic heterocycles. The van der Waals surface area contributed by atoms with Gasteiger partial charge in [-0.25, -0.2) is 12.8 Å². The molecule has 0 saturated carbocycles. The number of nitrogens with one attached hydrogen (secondary N) is 1. The fourth-order valence-corrected chi connectivity index (χ4v) is 3.99. The van der Waals surface area contributed by atoms with Gasteiger partial charge in [-0.1, -0.05) is 44.2 Å². The normalized spacial score (nSPS) is 12.7. The Kier molecular flexibility index (Phi) is 6.58. The Morgan fingerprint density at radius 2 is 1.77 bits per heavy atom. The van der Waals surface area contributed by atoms with Gasteiger partial charge in [0, 0.05) is 5.56 Å². The molecule has 1 N–H and O–H groups in total. The summed E-state index contributed by atoms with van der Waals surface area (Å²) in [6.45, 7) is 2.94. The van der Waals surface area contributed by atoms with Crippen molar-refractivity contribution in [2.24, 2.45) is 5.92 Å². The minimum atomic E-state index is -4.27. The zero-order valence-electron chi connectivity index (χ0n) is 16.3. The summed E-state index contributed by atoms with van der Waals surface area (Å²) in [5.74, 6) is -1.89. The number of hydrogen-bond acceptors (Lipinski definition) is 7. The number of carbonyl (C=O) groups excluding carboxylic acids is 1. The van der Waals surface area contributed by atoms with Crippen LogP contribution in [0.25, 0.3) is 11.5 Å². The standard InChI is InChI=1S/C20H20FN3O5S/c1-13(2)18(24-30(26,27)16-11-7-6-10-15(16)21)20(25)28-12-17-22-23-19(29-17)14-8-4-3-5-9-14/h3-11,13,18,24H,12H2,1-2H3. The number of halogens is 1. The van der Waals surface area contributed by atoms with Gasteiger partial charge < -0.3 is 9.15 Å². The second kappa shape index (κ2) is 9.14. The third-order valence-electron chi connectivity index (χ3n) is 4.15. The molecule has 0 aliphatic rings. The summed E-state index contributed by atoms with van der Waals surface area (Å²) in [5, 5.41) is 7.71. The molecule has 0 radical (unpaired) electrons. The Labute approximate surface area is 173 Å². The van der Waals surface area contributed by atoms with Gasteiger partial charge in [0.15, 0.2) is 6.61 Å². The molecule has 0 fully saturated rings. The number of sulfonamides is 1. The fraction of sp³-hybridized carbons (Fsp3) is 0.250. The van der Waals surface area contributed by atoms with Gasteiger partial charge in [-0.3, -0.25) is 4.79 Å². The van der Waals surface area contributed by atoms with E-state index in [1.54, 1.807) is 26.0 Å². The molecule has 2 aromatic carbocycles. The summed E-state index contributed by atoms with van der Waals surface area (Å²) >= 11 is 0. The van der Waals surface area contributed by atoms with Crippen LogP contribution in [0.15, 0.2) is 63.9 Å². The van der Waals surface area contributed by atoms with Crippen LogP contribution in [0.3, 0.4) is 0 Å². The first-order valence-electron chi connectivity index (χ1n) is 9.09. The quantitative estimate of drug-likeness (QED) is 0.544. The van der Waals surface area contributed by atoms with Crippen LogP contribution in [0.1, 0.15) is 19.7 Å². The lowest BCUT2D eigenvalue weighted by atomic mass is 10.1. The van der Waals surface area contributed by atoms with E-state index in [2.05, 4.69) is 14.9 Å². The van der Waals surface area contributed by atoms with Gasteiger partial charge in [-0.2, -0.15) is 4.72 Å². The maximum Gasteiger partial charge on any atom is 0.324 e. The van der Waals surface area contributed by atoms with E-state index in [1.165, 1.54) is 12.1 Å². The van der Waals surface area contributed by atoms with E-state index < -0.39 is 38.7 Å². The van der Waals surface area contributed by atoms with Crippen LogP contribution in [0.2, 0.25) is 0 Å². The van der Waals surface area contributed by atoms with Crippen LogP contribution in [0.4, 0.5) is 4.39 Å². The highest BCUT2D eigenvalue weighted by atomic mass is 32.2. The highest BCUT2D eigenvalue weighted by molar-refractivity contribution is 7.89. The summed E-state index contributed by atoms with van der Waals surface area (Å²) in [5.41, 5.74) is 0.709. The van der Waals surface area contributed by atoms with Crippen molar-refractivity contribution in [3.63, 3.8) is 0 Å². The number of benzene rings is 2. The molecule has 1 heterocycles. The van der Waals surface area contributed by atoms with Gasteiger partial charge in [0.2, 0.25) is 15.9 Å². The first-order valence-corrected chi connectivity index (χ1v) is 10.6. The van der Waals surface area contributed by atoms with Gasteiger partial charge >= 0.3 is 5.97 Å². The lowest BCUT2D eigenvalue weighted by Gasteiger charge is -2.20. The average Bonchev–Trinajstić information content (AvgIpc) is 3.20. The monoisotopic (exact) mass is 433 g/mol. The van der Waals surface area contributed by atoms with E-state index in [4.69, 9.17) is 9.15 Å². The van der Waals surface area contributed by atoms with Gasteiger partial charge in [0.05, 0.1) is 0 Å². The van der Waals surface area contributed by atoms with Gasteiger partial charge in [0.25, 0.3) is 5.89 Å². The lowest BCUT2D eigenvalue weighted by Crippen LogP contribution is -2.45. The molecule has 3 rings (SSSR count). The maximum absolute atomic E-state index is 13.9. The number of ether oxygens (including phenoxy) is 1. The summed E-state index contributed by atoms with van der Waals surface area (Å²) in [7, 11) is -4.27. The first kappa shape index (κ1) is 21.6. The van der Waals surface area contributed by atoms with Gasteiger partial charge in [0.1, 0.15) is 16.8 Å². The predicted molar refractivity (Wildman–Crippen MR) is 105 cm³/mol. The second-order valence-corrected chi connectivity index (χ2v) is 8.43. The summed E-state index contributed by atoms with van der Waals surface area (Å²) < 4.78 is 51.7. The molecule has 0 aliphatic carbocycles. The predicted octanol–water partition coefficient (Wildman–Crippen LogP) is 2.92. The van der Waals surface area contributed by atoms with Gasteiger partial charge in [-0.05, 0) is 30.2 Å². The summed E-state index contributed by atoms with van der Waals surface area (Å²) in [6.07, 6.45) is 0. The number of rotatable bonds is 8. The number of carbonyl (C=O) groups is 1. The van der Waals surface area contributed by atoms with E-state index >= 15 is 0 Å². The minimum Gasteiger partial charge on any atom is -0.454 e. The topological polar surface area (TPSA) is 111 Å². The maximum atomic E-state index is 13.9. The number of hydrogen-bond donors (Lipinski definition) is 1. The van der Waals surface area contributed by atoms with E-state index in [9.17, 15) is 17.6 Å². The molecule has 30 heavy (non-hydrogen) atoms. The Morgan fingerprint density at radius 3 is 2.43 bits per heavy atom. The molecular weight excluding hydrogens is 413 g/mol. The molecule has 0 saturated heterocycles. The van der Waals surface area contributed by atoms with Crippen molar-refractivity contribution >= 4 is 16.0 Å². The number of esters is 1. The van der Waals surface area contributed by atoms with Crippen molar-refractivity contribution in [1.29, 1.82) is 0 Å². The van der Waals surface area contributed by atoms with Crippen molar-refractivity contribution in [3.05, 3.63) is 66.3 Å². The SMILES string of the molecule is CC(C)C(NS(=O)(=O)c1ccccc1F)C(=O)OCc1nnc(-c2ccccc2)o1. The molecular formula is C20H20FN3O5S. The molecule has 3 aromatic rings. The number of nitrogens with zero attached hydrogens (tertiary/aromatic N) is 2. The second-order valence-electron chi connectivity index (χ2n) is 6.75. The van der Waals surface area contributed by atoms with Crippen LogP contribution in [0, 0.1) is 11.7 Å². The molecule has 0 bridgehead atoms. The zero-order chi connectivity index (χ0) is 21.7. The highest BCUT2D eigenvalue weighted by Gasteiger charge is 2.31. The summed E-state index contributed by atoms with van der Waals surface area (Å²) in [6, 6.07) is 12.7. The van der Waals surface area contributed by atoms with Crippen molar-refractivity contribution in [2.75, 3.05) is 0 Å². The van der Waals surface area contributed by atoms with Crippen LogP contribution in [-0.4, -0.2) is 30.6 Å². The smallest absolute Gasteiger partial charge is 0.324 e. The molecule has 10 heteroatoms. The van der Waals surface area contributed by atoms with Crippen molar-refractivity contribution in [3.8, 4) is 11.5 Å². The minimum absolute atomic E-state index is 0.0571. The van der Waals surface area contributed by atoms with Crippen LogP contribution in [-0.2, 0) is 26.2 Å². The first-order chi connectivity index (χ1) is 14.3. The van der Waals surface area contributed by atoms with E-state index in [-0.39, 0.29) is 18.4 Å². The van der Waals surface area contributed by atoms with Crippen LogP contribution in [0.5, 0.6) is 0 Å². The Hall–Kier alpha value is -3.11. The molecule has 158 valence electrons. The van der Waals surface area contributed by atoms with Crippen LogP contribution >= 0.6 is 0 Å². The Morgan fingerprint density at radius 1 is 1.10 bits per heavy atom. The third kappa shape index (κ3) is 5.08. The van der Waals surface area contributed by atoms with Crippen molar-refractivity contribution in [2.45, 2.75) is 31.4 Å². The lowest BCUT2D eigenvalue weighted by molar-refractivity contribution is -0.148. The Bertz CT molecular complexity index is 1120. The van der Waals surface area contributed by atoms with Crippen LogP contribution < -0.4 is 4.72 Å².